The molecule has 0 radical (unpaired) electrons. The maximum absolute atomic E-state index is 13.2. The Labute approximate surface area is 222 Å². The highest BCUT2D eigenvalue weighted by Gasteiger charge is 2.30. The normalized spacial score (nSPS) is 21.6. The first-order valence-corrected chi connectivity index (χ1v) is 12.9. The van der Waals surface area contributed by atoms with Gasteiger partial charge in [-0.15, -0.1) is 11.3 Å². The van der Waals surface area contributed by atoms with E-state index in [4.69, 9.17) is 9.57 Å². The number of rotatable bonds is 8. The summed E-state index contributed by atoms with van der Waals surface area (Å²) >= 11 is 1.66. The fraction of sp³-hybridized carbons (Fsp3) is 0.462. The summed E-state index contributed by atoms with van der Waals surface area (Å²) in [5.74, 6) is 0.485. The van der Waals surface area contributed by atoms with Crippen LogP contribution in [0.4, 0.5) is 4.39 Å². The Balaban J connectivity index is 0.00000304. The first kappa shape index (κ1) is 26.8. The zero-order valence-electron chi connectivity index (χ0n) is 20.6. The highest BCUT2D eigenvalue weighted by atomic mass is 32.1. The number of hydrogen-bond donors (Lipinski definition) is 1. The van der Waals surface area contributed by atoms with Gasteiger partial charge in [0.05, 0.1) is 20.9 Å². The van der Waals surface area contributed by atoms with Crippen LogP contribution in [-0.4, -0.2) is 83.2 Å². The van der Waals surface area contributed by atoms with Crippen LogP contribution in [0.15, 0.2) is 47.6 Å². The predicted octanol–water partition coefficient (Wildman–Crippen LogP) is 3.80. The molecular formula is C26H33FN4O3S2. The number of benzene rings is 2. The van der Waals surface area contributed by atoms with Crippen molar-refractivity contribution in [3.63, 3.8) is 0 Å². The quantitative estimate of drug-likeness (QED) is 0.476. The Morgan fingerprint density at radius 3 is 2.81 bits per heavy atom. The van der Waals surface area contributed by atoms with Gasteiger partial charge >= 0.3 is 0 Å². The van der Waals surface area contributed by atoms with Crippen molar-refractivity contribution >= 4 is 40.8 Å². The number of oxime groups is 1. The molecule has 3 heterocycles. The molecule has 2 aliphatic rings. The van der Waals surface area contributed by atoms with Gasteiger partial charge in [-0.3, -0.25) is 9.80 Å². The minimum Gasteiger partial charge on any atom is -0.491 e. The van der Waals surface area contributed by atoms with Crippen LogP contribution in [0.2, 0.25) is 0 Å². The van der Waals surface area contributed by atoms with E-state index in [1.165, 1.54) is 12.1 Å². The molecule has 10 heteroatoms. The third-order valence-electron chi connectivity index (χ3n) is 6.58. The number of aryl methyl sites for hydroxylation is 1. The SMILES string of the molecule is Cc1nc2cc(OC[C@H](O)CN3CCN(C[C@H]4CC(c5ccc(F)cc5)=NO4)C[C@@H]3C)ccc2s1.S. The van der Waals surface area contributed by atoms with Gasteiger partial charge in [-0.1, -0.05) is 17.3 Å². The van der Waals surface area contributed by atoms with Gasteiger partial charge in [0, 0.05) is 51.3 Å². The van der Waals surface area contributed by atoms with E-state index in [-0.39, 0.29) is 32.0 Å². The second-order valence-corrected chi connectivity index (χ2v) is 10.6. The monoisotopic (exact) mass is 532 g/mol. The van der Waals surface area contributed by atoms with Crippen LogP contribution in [0.25, 0.3) is 10.2 Å². The first-order valence-electron chi connectivity index (χ1n) is 12.1. The molecule has 1 aromatic heterocycles. The Morgan fingerprint density at radius 1 is 1.22 bits per heavy atom. The standard InChI is InChI=1S/C26H31FN4O3S.H2S/c1-17-13-30(15-23-12-24(29-34-23)19-3-5-20(27)6-4-19)9-10-31(17)14-21(32)16-33-22-7-8-26-25(11-22)28-18(2)35-26;/h3-8,11,17,21,23,32H,9-10,12-16H2,1-2H3;1H2/t17-,21+,23+;/m0./s1. The van der Waals surface area contributed by atoms with Gasteiger partial charge in [0.25, 0.3) is 0 Å². The number of hydrogen-bond acceptors (Lipinski definition) is 8. The molecule has 7 nitrogen and oxygen atoms in total. The second-order valence-electron chi connectivity index (χ2n) is 9.41. The molecule has 1 N–H and O–H groups in total. The number of halogens is 1. The predicted molar refractivity (Wildman–Crippen MR) is 146 cm³/mol. The summed E-state index contributed by atoms with van der Waals surface area (Å²) in [4.78, 5) is 14.9. The van der Waals surface area contributed by atoms with Crippen molar-refractivity contribution in [2.24, 2.45) is 5.16 Å². The number of aromatic nitrogens is 1. The highest BCUT2D eigenvalue weighted by Crippen LogP contribution is 2.26. The Bertz CT molecular complexity index is 1190. The fourth-order valence-corrected chi connectivity index (χ4v) is 5.57. The highest BCUT2D eigenvalue weighted by molar-refractivity contribution is 7.59. The summed E-state index contributed by atoms with van der Waals surface area (Å²) < 4.78 is 20.2. The lowest BCUT2D eigenvalue weighted by Gasteiger charge is -2.41. The van der Waals surface area contributed by atoms with Crippen molar-refractivity contribution < 1.29 is 19.1 Å². The fourth-order valence-electron chi connectivity index (χ4n) is 4.76. The molecular weight excluding hydrogens is 499 g/mol. The minimum atomic E-state index is -0.568. The van der Waals surface area contributed by atoms with E-state index in [0.717, 1.165) is 64.8 Å². The number of fused-ring (bicyclic) bond motifs is 1. The second kappa shape index (κ2) is 11.9. The van der Waals surface area contributed by atoms with Gasteiger partial charge in [-0.25, -0.2) is 9.37 Å². The minimum absolute atomic E-state index is 0. The van der Waals surface area contributed by atoms with Crippen LogP contribution in [-0.2, 0) is 4.84 Å². The van der Waals surface area contributed by atoms with E-state index in [2.05, 4.69) is 26.9 Å². The number of thiazole rings is 1. The number of piperazine rings is 1. The van der Waals surface area contributed by atoms with Crippen LogP contribution in [0.5, 0.6) is 5.75 Å². The largest absolute Gasteiger partial charge is 0.491 e. The molecule has 5 rings (SSSR count). The van der Waals surface area contributed by atoms with Gasteiger partial charge in [0.1, 0.15) is 30.4 Å². The summed E-state index contributed by atoms with van der Waals surface area (Å²) in [6.07, 6.45) is 0.163. The Morgan fingerprint density at radius 2 is 2.03 bits per heavy atom. The van der Waals surface area contributed by atoms with Crippen LogP contribution in [0.3, 0.4) is 0 Å². The topological polar surface area (TPSA) is 70.4 Å². The average molecular weight is 533 g/mol. The summed E-state index contributed by atoms with van der Waals surface area (Å²) in [6.45, 7) is 8.50. The first-order chi connectivity index (χ1) is 16.9. The molecule has 3 aromatic rings. The lowest BCUT2D eigenvalue weighted by atomic mass is 10.0. The summed E-state index contributed by atoms with van der Waals surface area (Å²) in [7, 11) is 0. The van der Waals surface area contributed by atoms with Gasteiger partial charge in [-0.05, 0) is 43.7 Å². The Hall–Kier alpha value is -2.24. The summed E-state index contributed by atoms with van der Waals surface area (Å²) in [5.41, 5.74) is 2.71. The molecule has 36 heavy (non-hydrogen) atoms. The van der Waals surface area contributed by atoms with Crippen molar-refractivity contribution in [2.75, 3.05) is 39.3 Å². The zero-order chi connectivity index (χ0) is 24.4. The van der Waals surface area contributed by atoms with E-state index < -0.39 is 6.10 Å². The Kier molecular flexibility index (Phi) is 8.84. The number of ether oxygens (including phenoxy) is 1. The van der Waals surface area contributed by atoms with Gasteiger partial charge in [0.15, 0.2) is 0 Å². The zero-order valence-corrected chi connectivity index (χ0v) is 22.4. The van der Waals surface area contributed by atoms with Gasteiger partial charge in [-0.2, -0.15) is 13.5 Å². The maximum atomic E-state index is 13.2. The number of β-amino-alcohol motifs (C(OH)–C–C–N with tert-alkyl or cyclic N) is 1. The van der Waals surface area contributed by atoms with E-state index >= 15 is 0 Å². The smallest absolute Gasteiger partial charge is 0.145 e. The number of aliphatic hydroxyl groups is 1. The van der Waals surface area contributed by atoms with Crippen LogP contribution >= 0.6 is 24.8 Å². The molecule has 1 saturated heterocycles. The van der Waals surface area contributed by atoms with Crippen molar-refractivity contribution in [1.29, 1.82) is 0 Å². The maximum Gasteiger partial charge on any atom is 0.145 e. The molecule has 3 atom stereocenters. The summed E-state index contributed by atoms with van der Waals surface area (Å²) in [5, 5.41) is 15.9. The lowest BCUT2D eigenvalue weighted by molar-refractivity contribution is -0.000999. The molecule has 194 valence electrons. The molecule has 0 aliphatic carbocycles. The molecule has 2 aromatic carbocycles. The summed E-state index contributed by atoms with van der Waals surface area (Å²) in [6, 6.07) is 12.6. The molecule has 2 aliphatic heterocycles. The van der Waals surface area contributed by atoms with Gasteiger partial charge in [0.2, 0.25) is 0 Å². The van der Waals surface area contributed by atoms with Crippen molar-refractivity contribution in [3.8, 4) is 5.75 Å². The van der Waals surface area contributed by atoms with E-state index in [1.54, 1.807) is 23.5 Å². The number of aliphatic hydroxyl groups excluding tert-OH is 1. The van der Waals surface area contributed by atoms with Crippen molar-refractivity contribution in [2.45, 2.75) is 38.5 Å². The number of nitrogens with zero attached hydrogens (tertiary/aromatic N) is 4. The van der Waals surface area contributed by atoms with Crippen molar-refractivity contribution in [3.05, 3.63) is 58.9 Å². The third-order valence-corrected chi connectivity index (χ3v) is 7.53. The molecule has 0 saturated carbocycles. The van der Waals surface area contributed by atoms with E-state index in [0.29, 0.717) is 12.6 Å². The lowest BCUT2D eigenvalue weighted by Crippen LogP contribution is -2.55. The third kappa shape index (κ3) is 6.54. The van der Waals surface area contributed by atoms with Crippen LogP contribution < -0.4 is 4.74 Å². The van der Waals surface area contributed by atoms with E-state index in [9.17, 15) is 9.50 Å². The molecule has 0 unspecified atom stereocenters. The van der Waals surface area contributed by atoms with E-state index in [1.807, 2.05) is 25.1 Å². The van der Waals surface area contributed by atoms with Crippen LogP contribution in [0.1, 0.15) is 23.9 Å². The van der Waals surface area contributed by atoms with Crippen LogP contribution in [0, 0.1) is 12.7 Å². The molecule has 0 bridgehead atoms. The average Bonchev–Trinajstić information content (AvgIpc) is 3.45. The molecule has 0 spiro atoms. The van der Waals surface area contributed by atoms with Gasteiger partial charge < -0.3 is 14.7 Å². The van der Waals surface area contributed by atoms with Crippen molar-refractivity contribution in [1.82, 2.24) is 14.8 Å². The molecule has 1 fully saturated rings. The molecule has 0 amide bonds.